The van der Waals surface area contributed by atoms with Gasteiger partial charge in [-0.3, -0.25) is 4.79 Å². The van der Waals surface area contributed by atoms with Crippen molar-refractivity contribution in [2.24, 2.45) is 0 Å². The summed E-state index contributed by atoms with van der Waals surface area (Å²) in [6.07, 6.45) is -1.39. The van der Waals surface area contributed by atoms with Gasteiger partial charge in [0.2, 0.25) is 6.41 Å². The van der Waals surface area contributed by atoms with Crippen molar-refractivity contribution in [3.05, 3.63) is 0 Å². The van der Waals surface area contributed by atoms with Crippen LogP contribution in [0.2, 0.25) is 0 Å². The number of aliphatic hydroxyl groups excluding tert-OH is 1. The van der Waals surface area contributed by atoms with Crippen molar-refractivity contribution in [3.63, 3.8) is 0 Å². The second kappa shape index (κ2) is 7.33. The first kappa shape index (κ1) is 14.0. The number of nitrogens with one attached hydrogen (secondary N) is 1. The van der Waals surface area contributed by atoms with Gasteiger partial charge >= 0.3 is 0 Å². The highest BCUT2D eigenvalue weighted by atomic mass is 16.5. The van der Waals surface area contributed by atoms with E-state index < -0.39 is 24.4 Å². The van der Waals surface area contributed by atoms with E-state index in [1.165, 1.54) is 21.1 Å². The molecular weight excluding hydrogens is 202 g/mol. The van der Waals surface area contributed by atoms with Crippen LogP contribution < -0.4 is 5.32 Å². The number of rotatable bonds is 8. The smallest absolute Gasteiger partial charge is 0.207 e. The fourth-order valence-electron chi connectivity index (χ4n) is 1.34. The van der Waals surface area contributed by atoms with E-state index in [-0.39, 0.29) is 0 Å². The SMILES string of the molecule is CO[C@@H]([C@H](NC=O)[C@@H](C)O)[C@@H](C=O)OC. The molecule has 0 aromatic heterocycles. The van der Waals surface area contributed by atoms with Crippen LogP contribution >= 0.6 is 0 Å². The Morgan fingerprint density at radius 3 is 2.13 bits per heavy atom. The molecular formula is C9H17NO5. The minimum Gasteiger partial charge on any atom is -0.391 e. The van der Waals surface area contributed by atoms with E-state index in [0.29, 0.717) is 12.7 Å². The Morgan fingerprint density at radius 2 is 1.87 bits per heavy atom. The predicted molar refractivity (Wildman–Crippen MR) is 52.3 cm³/mol. The van der Waals surface area contributed by atoms with E-state index in [1.54, 1.807) is 0 Å². The summed E-state index contributed by atoms with van der Waals surface area (Å²) in [6, 6.07) is -0.692. The molecule has 0 saturated carbocycles. The maximum Gasteiger partial charge on any atom is 0.207 e. The Bertz CT molecular complexity index is 197. The molecule has 88 valence electrons. The van der Waals surface area contributed by atoms with Gasteiger partial charge in [-0.25, -0.2) is 0 Å². The first-order valence-electron chi connectivity index (χ1n) is 4.51. The summed E-state index contributed by atoms with van der Waals surface area (Å²) in [4.78, 5) is 21.0. The van der Waals surface area contributed by atoms with Gasteiger partial charge in [-0.2, -0.15) is 0 Å². The zero-order valence-electron chi connectivity index (χ0n) is 9.04. The molecule has 0 bridgehead atoms. The van der Waals surface area contributed by atoms with Crippen molar-refractivity contribution in [2.45, 2.75) is 31.3 Å². The Morgan fingerprint density at radius 1 is 1.27 bits per heavy atom. The topological polar surface area (TPSA) is 84.9 Å². The van der Waals surface area contributed by atoms with E-state index in [0.717, 1.165) is 0 Å². The number of carbonyl (C=O) groups is 2. The van der Waals surface area contributed by atoms with Gasteiger partial charge in [0, 0.05) is 14.2 Å². The minimum absolute atomic E-state index is 0.445. The van der Waals surface area contributed by atoms with Crippen LogP contribution in [0.5, 0.6) is 0 Å². The molecule has 0 heterocycles. The monoisotopic (exact) mass is 219 g/mol. The Balaban J connectivity index is 4.69. The van der Waals surface area contributed by atoms with Gasteiger partial charge in [0.15, 0.2) is 6.29 Å². The van der Waals surface area contributed by atoms with Gasteiger partial charge < -0.3 is 24.7 Å². The molecule has 1 amide bonds. The third-order valence-electron chi connectivity index (χ3n) is 2.14. The fourth-order valence-corrected chi connectivity index (χ4v) is 1.34. The lowest BCUT2D eigenvalue weighted by molar-refractivity contribution is -0.131. The molecule has 0 aliphatic heterocycles. The van der Waals surface area contributed by atoms with Crippen LogP contribution in [0.4, 0.5) is 0 Å². The Hall–Kier alpha value is -0.980. The van der Waals surface area contributed by atoms with Crippen LogP contribution in [0.25, 0.3) is 0 Å². The maximum absolute atomic E-state index is 10.7. The summed E-state index contributed by atoms with van der Waals surface area (Å²) in [5.74, 6) is 0. The summed E-state index contributed by atoms with van der Waals surface area (Å²) in [6.45, 7) is 1.49. The highest BCUT2D eigenvalue weighted by molar-refractivity contribution is 5.58. The number of amides is 1. The summed E-state index contributed by atoms with van der Waals surface area (Å²) in [7, 11) is 2.73. The predicted octanol–water partition coefficient (Wildman–Crippen LogP) is -1.29. The molecule has 6 nitrogen and oxygen atoms in total. The van der Waals surface area contributed by atoms with Gasteiger partial charge in [0.25, 0.3) is 0 Å². The summed E-state index contributed by atoms with van der Waals surface area (Å²) < 4.78 is 9.90. The van der Waals surface area contributed by atoms with Crippen molar-refractivity contribution in [1.29, 1.82) is 0 Å². The second-order valence-corrected chi connectivity index (χ2v) is 3.09. The van der Waals surface area contributed by atoms with Crippen LogP contribution in [-0.2, 0) is 19.1 Å². The molecule has 0 rings (SSSR count). The standard InChI is InChI=1S/C9H17NO5/c1-6(13)8(10-5-12)9(15-3)7(4-11)14-2/h4-9,13H,1-3H3,(H,10,12)/t6-,7-,8-,9-/m1/s1. The lowest BCUT2D eigenvalue weighted by Crippen LogP contribution is -2.53. The molecule has 6 heteroatoms. The lowest BCUT2D eigenvalue weighted by atomic mass is 10.0. The number of carbonyl (C=O) groups excluding carboxylic acids is 2. The zero-order valence-corrected chi connectivity index (χ0v) is 9.04. The van der Waals surface area contributed by atoms with Crippen molar-refractivity contribution >= 4 is 12.7 Å². The van der Waals surface area contributed by atoms with E-state index in [4.69, 9.17) is 9.47 Å². The third-order valence-corrected chi connectivity index (χ3v) is 2.14. The summed E-state index contributed by atoms with van der Waals surface area (Å²) in [5.41, 5.74) is 0. The molecule has 0 spiro atoms. The average molecular weight is 219 g/mol. The van der Waals surface area contributed by atoms with Crippen LogP contribution in [0, 0.1) is 0 Å². The molecule has 0 aliphatic rings. The van der Waals surface area contributed by atoms with Gasteiger partial charge in [0.05, 0.1) is 12.1 Å². The van der Waals surface area contributed by atoms with E-state index in [1.807, 2.05) is 0 Å². The number of aliphatic hydroxyl groups is 1. The van der Waals surface area contributed by atoms with Gasteiger partial charge in [-0.1, -0.05) is 0 Å². The summed E-state index contributed by atoms with van der Waals surface area (Å²) in [5, 5.41) is 11.8. The number of aldehydes is 1. The number of hydrogen-bond acceptors (Lipinski definition) is 5. The Labute approximate surface area is 88.6 Å². The van der Waals surface area contributed by atoms with E-state index in [2.05, 4.69) is 5.32 Å². The highest BCUT2D eigenvalue weighted by Crippen LogP contribution is 2.09. The van der Waals surface area contributed by atoms with Crippen LogP contribution in [-0.4, -0.2) is 56.4 Å². The highest BCUT2D eigenvalue weighted by Gasteiger charge is 2.32. The van der Waals surface area contributed by atoms with E-state index in [9.17, 15) is 14.7 Å². The maximum atomic E-state index is 10.7. The van der Waals surface area contributed by atoms with Crippen LogP contribution in [0.3, 0.4) is 0 Å². The van der Waals surface area contributed by atoms with Gasteiger partial charge in [-0.05, 0) is 6.92 Å². The van der Waals surface area contributed by atoms with Crippen molar-refractivity contribution in [3.8, 4) is 0 Å². The quantitative estimate of drug-likeness (QED) is 0.496. The molecule has 4 atom stereocenters. The molecule has 0 aliphatic carbocycles. The van der Waals surface area contributed by atoms with Gasteiger partial charge in [-0.15, -0.1) is 0 Å². The zero-order chi connectivity index (χ0) is 11.8. The molecule has 0 aromatic rings. The molecule has 0 unspecified atom stereocenters. The van der Waals surface area contributed by atoms with Crippen molar-refractivity contribution in [1.82, 2.24) is 5.32 Å². The lowest BCUT2D eigenvalue weighted by Gasteiger charge is -2.30. The molecule has 0 radical (unpaired) electrons. The molecule has 0 saturated heterocycles. The Kier molecular flexibility index (Phi) is 6.85. The number of hydrogen-bond donors (Lipinski definition) is 2. The fraction of sp³-hybridized carbons (Fsp3) is 0.778. The normalized spacial score (nSPS) is 18.7. The van der Waals surface area contributed by atoms with Gasteiger partial charge in [0.1, 0.15) is 12.2 Å². The average Bonchev–Trinajstić information content (AvgIpc) is 2.23. The van der Waals surface area contributed by atoms with E-state index >= 15 is 0 Å². The molecule has 0 fully saturated rings. The van der Waals surface area contributed by atoms with Crippen molar-refractivity contribution in [2.75, 3.05) is 14.2 Å². The van der Waals surface area contributed by atoms with Crippen LogP contribution in [0.15, 0.2) is 0 Å². The minimum atomic E-state index is -0.849. The number of methoxy groups -OCH3 is 2. The molecule has 2 N–H and O–H groups in total. The first-order chi connectivity index (χ1) is 7.12. The third kappa shape index (κ3) is 3.94. The molecule has 0 aromatic carbocycles. The number of ether oxygens (including phenoxy) is 2. The van der Waals surface area contributed by atoms with Crippen LogP contribution in [0.1, 0.15) is 6.92 Å². The van der Waals surface area contributed by atoms with Crippen molar-refractivity contribution < 1.29 is 24.2 Å². The summed E-state index contributed by atoms with van der Waals surface area (Å²) >= 11 is 0. The largest absolute Gasteiger partial charge is 0.391 e. The first-order valence-corrected chi connectivity index (χ1v) is 4.51. The second-order valence-electron chi connectivity index (χ2n) is 3.09. The molecule has 15 heavy (non-hydrogen) atoms.